The van der Waals surface area contributed by atoms with E-state index in [1.807, 2.05) is 12.2 Å². The largest absolute Gasteiger partial charge is 0.493 e. The zero-order valence-corrected chi connectivity index (χ0v) is 21.7. The molecule has 0 radical (unpaired) electrons. The van der Waals surface area contributed by atoms with Crippen LogP contribution < -0.4 is 10.1 Å². The lowest BCUT2D eigenvalue weighted by molar-refractivity contribution is -0.202. The van der Waals surface area contributed by atoms with Crippen molar-refractivity contribution in [3.8, 4) is 5.75 Å². The molecular formula is C24H23F7N6O2S. The average molecular weight is 593 g/mol. The number of H-pyrrole nitrogens is 1. The second kappa shape index (κ2) is 11.5. The van der Waals surface area contributed by atoms with E-state index in [1.165, 1.54) is 6.20 Å². The number of alkyl halides is 6. The molecular weight excluding hydrogens is 569 g/mol. The minimum atomic E-state index is -5.15. The summed E-state index contributed by atoms with van der Waals surface area (Å²) >= 11 is 1.10. The van der Waals surface area contributed by atoms with Crippen molar-refractivity contribution in [2.75, 3.05) is 6.61 Å². The molecule has 0 saturated carbocycles. The molecule has 3 heterocycles. The normalized spacial score (nSPS) is 18.2. The number of thiazole rings is 1. The molecule has 40 heavy (non-hydrogen) atoms. The number of benzene rings is 1. The fourth-order valence-electron chi connectivity index (χ4n) is 4.31. The van der Waals surface area contributed by atoms with Gasteiger partial charge in [-0.05, 0) is 48.2 Å². The Labute approximate surface area is 227 Å². The van der Waals surface area contributed by atoms with Crippen LogP contribution in [-0.4, -0.2) is 50.5 Å². The van der Waals surface area contributed by atoms with E-state index < -0.39 is 48.0 Å². The first-order valence-corrected chi connectivity index (χ1v) is 13.0. The van der Waals surface area contributed by atoms with E-state index in [-0.39, 0.29) is 53.6 Å². The van der Waals surface area contributed by atoms with E-state index >= 15 is 4.39 Å². The van der Waals surface area contributed by atoms with Gasteiger partial charge in [-0.2, -0.15) is 26.3 Å². The monoisotopic (exact) mass is 592 g/mol. The van der Waals surface area contributed by atoms with Gasteiger partial charge >= 0.3 is 12.4 Å². The smallest absolute Gasteiger partial charge is 0.416 e. The van der Waals surface area contributed by atoms with Crippen LogP contribution in [0, 0.1) is 5.82 Å². The van der Waals surface area contributed by atoms with Crippen molar-refractivity contribution >= 4 is 28.4 Å². The molecule has 0 fully saturated rings. The van der Waals surface area contributed by atoms with E-state index in [2.05, 4.69) is 25.6 Å². The lowest BCUT2D eigenvalue weighted by Gasteiger charge is -2.41. The lowest BCUT2D eigenvalue weighted by Crippen LogP contribution is -2.59. The number of amides is 1. The Bertz CT molecular complexity index is 1370. The van der Waals surface area contributed by atoms with Crippen molar-refractivity contribution in [2.24, 2.45) is 0 Å². The average Bonchev–Trinajstić information content (AvgIpc) is 3.57. The molecule has 0 aliphatic carbocycles. The number of nitrogens with one attached hydrogen (secondary N) is 2. The van der Waals surface area contributed by atoms with Gasteiger partial charge in [0.25, 0.3) is 5.91 Å². The SMILES string of the molecule is CCc1cnc(C2=C(c3nnn[nH]3)C(=O)N[C@@](c3ccc(OCCCCCC(F)(F)F)cc3F)(C(F)(F)F)C2)s1. The third kappa shape index (κ3) is 6.26. The molecule has 0 bridgehead atoms. The summed E-state index contributed by atoms with van der Waals surface area (Å²) in [4.78, 5) is 18.2. The molecule has 1 aliphatic heterocycles. The molecule has 2 N–H and O–H groups in total. The number of aromatic nitrogens is 5. The van der Waals surface area contributed by atoms with Crippen LogP contribution in [0.15, 0.2) is 24.4 Å². The Kier molecular flexibility index (Phi) is 8.46. The van der Waals surface area contributed by atoms with Crippen LogP contribution in [0.3, 0.4) is 0 Å². The standard InChI is InChI=1S/C24H23F7N6O2S/c1-2-14-12-32-21(40-14)15-11-22(24(29,30)31,33-20(38)18(15)19-34-36-37-35-19)16-7-6-13(10-17(16)25)39-9-5-3-4-8-23(26,27)28/h6-7,10,12H,2-5,8-9,11H2,1H3,(H,33,38)(H,34,35,36,37)/t22-/m0/s1. The Morgan fingerprint density at radius 1 is 1.12 bits per heavy atom. The number of aromatic amines is 1. The molecule has 1 aromatic carbocycles. The molecule has 3 aromatic rings. The van der Waals surface area contributed by atoms with E-state index in [4.69, 9.17) is 4.74 Å². The number of aryl methyl sites for hydroxylation is 1. The fourth-order valence-corrected chi connectivity index (χ4v) is 5.21. The van der Waals surface area contributed by atoms with E-state index in [0.29, 0.717) is 6.42 Å². The highest BCUT2D eigenvalue weighted by atomic mass is 32.1. The van der Waals surface area contributed by atoms with Crippen molar-refractivity contribution in [3.63, 3.8) is 0 Å². The van der Waals surface area contributed by atoms with Crippen LogP contribution in [0.2, 0.25) is 0 Å². The van der Waals surface area contributed by atoms with Gasteiger partial charge in [0.15, 0.2) is 11.4 Å². The summed E-state index contributed by atoms with van der Waals surface area (Å²) in [5.41, 5.74) is -4.35. The predicted octanol–water partition coefficient (Wildman–Crippen LogP) is 5.75. The number of rotatable bonds is 10. The summed E-state index contributed by atoms with van der Waals surface area (Å²) in [6.45, 7) is 1.78. The van der Waals surface area contributed by atoms with Gasteiger partial charge in [-0.15, -0.1) is 16.4 Å². The maximum Gasteiger partial charge on any atom is 0.416 e. The quantitative estimate of drug-likeness (QED) is 0.230. The second-order valence-electron chi connectivity index (χ2n) is 9.04. The first kappa shape index (κ1) is 29.4. The highest BCUT2D eigenvalue weighted by Gasteiger charge is 2.61. The van der Waals surface area contributed by atoms with Gasteiger partial charge in [-0.25, -0.2) is 14.5 Å². The maximum absolute atomic E-state index is 15.3. The van der Waals surface area contributed by atoms with Crippen LogP contribution in [0.1, 0.15) is 60.3 Å². The number of nitrogens with zero attached hydrogens (tertiary/aromatic N) is 4. The van der Waals surface area contributed by atoms with E-state index in [0.717, 1.165) is 34.4 Å². The van der Waals surface area contributed by atoms with Gasteiger partial charge in [0.05, 0.1) is 12.2 Å². The molecule has 8 nitrogen and oxygen atoms in total. The molecule has 0 unspecified atom stereocenters. The molecule has 16 heteroatoms. The molecule has 1 atom stereocenters. The topological polar surface area (TPSA) is 106 Å². The van der Waals surface area contributed by atoms with Gasteiger partial charge in [0, 0.05) is 41.1 Å². The number of carbonyl (C=O) groups is 1. The van der Waals surface area contributed by atoms with Gasteiger partial charge in [-0.3, -0.25) is 4.79 Å². The highest BCUT2D eigenvalue weighted by molar-refractivity contribution is 7.12. The lowest BCUT2D eigenvalue weighted by atomic mass is 9.78. The number of hydrogen-bond acceptors (Lipinski definition) is 7. The Hall–Kier alpha value is -3.56. The number of ether oxygens (including phenoxy) is 1. The minimum absolute atomic E-state index is 0.0525. The number of tetrazole rings is 1. The van der Waals surface area contributed by atoms with Crippen LogP contribution in [0.5, 0.6) is 5.75 Å². The van der Waals surface area contributed by atoms with Gasteiger partial charge in [-0.1, -0.05) is 6.92 Å². The molecule has 216 valence electrons. The van der Waals surface area contributed by atoms with E-state index in [9.17, 15) is 31.1 Å². The first-order valence-electron chi connectivity index (χ1n) is 12.2. The summed E-state index contributed by atoms with van der Waals surface area (Å²) in [7, 11) is 0. The zero-order chi connectivity index (χ0) is 29.1. The molecule has 1 aliphatic rings. The molecule has 2 aromatic heterocycles. The predicted molar refractivity (Wildman–Crippen MR) is 129 cm³/mol. The van der Waals surface area contributed by atoms with Crippen molar-refractivity contribution < 1.29 is 40.3 Å². The van der Waals surface area contributed by atoms with Crippen LogP contribution in [0.25, 0.3) is 11.1 Å². The van der Waals surface area contributed by atoms with Gasteiger partial charge < -0.3 is 10.1 Å². The van der Waals surface area contributed by atoms with Crippen LogP contribution in [0.4, 0.5) is 30.7 Å². The van der Waals surface area contributed by atoms with Crippen molar-refractivity contribution in [1.82, 2.24) is 30.9 Å². The van der Waals surface area contributed by atoms with E-state index in [1.54, 1.807) is 0 Å². The van der Waals surface area contributed by atoms with Crippen molar-refractivity contribution in [3.05, 3.63) is 51.5 Å². The van der Waals surface area contributed by atoms with Crippen molar-refractivity contribution in [1.29, 1.82) is 0 Å². The van der Waals surface area contributed by atoms with Crippen LogP contribution >= 0.6 is 11.3 Å². The molecule has 4 rings (SSSR count). The number of hydrogen-bond donors (Lipinski definition) is 2. The summed E-state index contributed by atoms with van der Waals surface area (Å²) in [5, 5.41) is 14.9. The fraction of sp³-hybridized carbons (Fsp3) is 0.458. The zero-order valence-electron chi connectivity index (χ0n) is 20.9. The summed E-state index contributed by atoms with van der Waals surface area (Å²) < 4.78 is 102. The number of halogens is 7. The Morgan fingerprint density at radius 3 is 2.50 bits per heavy atom. The highest BCUT2D eigenvalue weighted by Crippen LogP contribution is 2.50. The summed E-state index contributed by atoms with van der Waals surface area (Å²) in [6, 6.07) is 2.74. The van der Waals surface area contributed by atoms with Gasteiger partial charge in [0.2, 0.25) is 0 Å². The Morgan fingerprint density at radius 2 is 1.90 bits per heavy atom. The third-order valence-electron chi connectivity index (χ3n) is 6.30. The number of carbonyl (C=O) groups excluding carboxylic acids is 1. The minimum Gasteiger partial charge on any atom is -0.493 e. The molecule has 1 amide bonds. The van der Waals surface area contributed by atoms with Gasteiger partial charge in [0.1, 0.15) is 16.6 Å². The summed E-state index contributed by atoms with van der Waals surface area (Å²) in [5.74, 6) is -2.74. The number of unbranched alkanes of at least 4 members (excludes halogenated alkanes) is 2. The second-order valence-corrected chi connectivity index (χ2v) is 10.2. The molecule has 0 saturated heterocycles. The third-order valence-corrected chi connectivity index (χ3v) is 7.50. The van der Waals surface area contributed by atoms with Crippen LogP contribution in [-0.2, 0) is 16.8 Å². The summed E-state index contributed by atoms with van der Waals surface area (Å²) in [6.07, 6.45) is -8.86. The first-order chi connectivity index (χ1) is 18.8. The molecule has 0 spiro atoms. The maximum atomic E-state index is 15.3. The Balaban J connectivity index is 1.65. The van der Waals surface area contributed by atoms with Crippen molar-refractivity contribution in [2.45, 2.75) is 63.3 Å².